The standard InChI is InChI=1S/C27H29ClF3N7O2/c1-13-2-4-14(5-3-13)12-38-23-18(34-25(38)37-7-6-17-20(22(17)37)27(29,30)31)9-19(24-35-26(39)40-36-24)33-21(23)15-8-16(28)11-32-10-15/h8-11,13-14,17,20,22,24,36H,2-7,12H2,1H3,(H,35,39). The second-order valence-electron chi connectivity index (χ2n) is 11.6. The number of alkyl halides is 3. The maximum absolute atomic E-state index is 13.8. The molecule has 4 unspecified atom stereocenters. The molecule has 0 bridgehead atoms. The molecule has 5 heterocycles. The number of anilines is 1. The number of hydroxylamine groups is 1. The van der Waals surface area contributed by atoms with Gasteiger partial charge >= 0.3 is 12.3 Å². The van der Waals surface area contributed by atoms with Crippen molar-refractivity contribution in [1.82, 2.24) is 30.3 Å². The highest BCUT2D eigenvalue weighted by molar-refractivity contribution is 6.30. The minimum absolute atomic E-state index is 0.373. The van der Waals surface area contributed by atoms with Crippen LogP contribution in [-0.2, 0) is 11.4 Å². The minimum Gasteiger partial charge on any atom is -0.351 e. The smallest absolute Gasteiger partial charge is 0.351 e. The van der Waals surface area contributed by atoms with E-state index in [1.165, 1.54) is 6.20 Å². The third-order valence-electron chi connectivity index (χ3n) is 8.93. The highest BCUT2D eigenvalue weighted by atomic mass is 35.5. The van der Waals surface area contributed by atoms with Crippen molar-refractivity contribution in [2.45, 2.75) is 64.0 Å². The van der Waals surface area contributed by atoms with Crippen LogP contribution in [0, 0.1) is 23.7 Å². The molecule has 13 heteroatoms. The van der Waals surface area contributed by atoms with Crippen molar-refractivity contribution in [2.75, 3.05) is 11.4 Å². The van der Waals surface area contributed by atoms with E-state index in [2.05, 4.69) is 27.3 Å². The monoisotopic (exact) mass is 575 g/mol. The van der Waals surface area contributed by atoms with Gasteiger partial charge in [-0.15, -0.1) is 5.48 Å². The first-order valence-corrected chi connectivity index (χ1v) is 14.1. The van der Waals surface area contributed by atoms with Gasteiger partial charge in [0.2, 0.25) is 5.95 Å². The molecule has 3 aromatic heterocycles. The van der Waals surface area contributed by atoms with Crippen molar-refractivity contribution in [1.29, 1.82) is 0 Å². The number of imidazole rings is 1. The Balaban J connectivity index is 1.39. The predicted octanol–water partition coefficient (Wildman–Crippen LogP) is 5.60. The van der Waals surface area contributed by atoms with Gasteiger partial charge in [-0.3, -0.25) is 10.3 Å². The number of hydrogen-bond donors (Lipinski definition) is 2. The number of carbonyl (C=O) groups excluding carboxylic acids is 1. The summed E-state index contributed by atoms with van der Waals surface area (Å²) in [6.07, 6.45) is 2.43. The number of pyridine rings is 2. The summed E-state index contributed by atoms with van der Waals surface area (Å²) in [5.41, 5.74) is 5.57. The van der Waals surface area contributed by atoms with Gasteiger partial charge in [-0.05, 0) is 49.1 Å². The summed E-state index contributed by atoms with van der Waals surface area (Å²) in [5, 5.41) is 3.09. The number of fused-ring (bicyclic) bond motifs is 2. The van der Waals surface area contributed by atoms with Gasteiger partial charge in [0.05, 0.1) is 33.4 Å². The summed E-state index contributed by atoms with van der Waals surface area (Å²) < 4.78 is 43.5. The fourth-order valence-electron chi connectivity index (χ4n) is 6.88. The number of hydrogen-bond acceptors (Lipinski definition) is 7. The zero-order chi connectivity index (χ0) is 27.8. The van der Waals surface area contributed by atoms with Crippen molar-refractivity contribution < 1.29 is 22.8 Å². The fourth-order valence-corrected chi connectivity index (χ4v) is 7.05. The van der Waals surface area contributed by atoms with E-state index in [0.29, 0.717) is 64.8 Å². The van der Waals surface area contributed by atoms with Crippen molar-refractivity contribution in [3.63, 3.8) is 0 Å². The van der Waals surface area contributed by atoms with E-state index < -0.39 is 36.3 Å². The Morgan fingerprint density at radius 3 is 2.60 bits per heavy atom. The molecule has 4 atom stereocenters. The van der Waals surface area contributed by atoms with E-state index in [0.717, 1.165) is 31.2 Å². The van der Waals surface area contributed by atoms with Crippen LogP contribution in [0.5, 0.6) is 0 Å². The summed E-state index contributed by atoms with van der Waals surface area (Å²) in [6, 6.07) is 2.91. The Hall–Kier alpha value is -3.12. The molecular formula is C27H29ClF3N7O2. The SMILES string of the molecule is CC1CCC(Cn2c(N3CCC4C3C4C(F)(F)F)nc3cc(C4NOC(=O)N4)nc(-c4cncc(Cl)c4)c32)CC1. The lowest BCUT2D eigenvalue weighted by atomic mass is 9.83. The number of piperidine rings is 1. The number of carbonyl (C=O) groups is 1. The van der Waals surface area contributed by atoms with Crippen LogP contribution in [0.25, 0.3) is 22.3 Å². The summed E-state index contributed by atoms with van der Waals surface area (Å²) in [4.78, 5) is 32.6. The maximum atomic E-state index is 13.8. The molecule has 2 aliphatic heterocycles. The van der Waals surface area contributed by atoms with Crippen LogP contribution < -0.4 is 15.7 Å². The second-order valence-corrected chi connectivity index (χ2v) is 12.0. The summed E-state index contributed by atoms with van der Waals surface area (Å²) in [5.74, 6) is -0.142. The van der Waals surface area contributed by atoms with Crippen LogP contribution in [0.15, 0.2) is 24.5 Å². The molecule has 0 aromatic carbocycles. The summed E-state index contributed by atoms with van der Waals surface area (Å²) >= 11 is 6.32. The summed E-state index contributed by atoms with van der Waals surface area (Å²) in [7, 11) is 0. The average Bonchev–Trinajstić information content (AvgIpc) is 3.18. The molecule has 212 valence electrons. The number of amides is 1. The zero-order valence-corrected chi connectivity index (χ0v) is 22.5. The number of nitrogens with one attached hydrogen (secondary N) is 2. The molecule has 3 aromatic rings. The number of aromatic nitrogens is 4. The lowest BCUT2D eigenvalue weighted by molar-refractivity contribution is -0.153. The number of halogens is 4. The largest absolute Gasteiger partial charge is 0.427 e. The third kappa shape index (κ3) is 4.45. The lowest BCUT2D eigenvalue weighted by Crippen LogP contribution is -2.32. The van der Waals surface area contributed by atoms with Gasteiger partial charge in [0.25, 0.3) is 0 Å². The normalized spacial score (nSPS) is 29.9. The van der Waals surface area contributed by atoms with Crippen molar-refractivity contribution in [3.8, 4) is 11.3 Å². The maximum Gasteiger partial charge on any atom is 0.427 e. The quantitative estimate of drug-likeness (QED) is 0.408. The molecular weight excluding hydrogens is 547 g/mol. The van der Waals surface area contributed by atoms with E-state index in [9.17, 15) is 18.0 Å². The van der Waals surface area contributed by atoms with Crippen LogP contribution in [0.3, 0.4) is 0 Å². The molecule has 4 aliphatic rings. The molecule has 1 amide bonds. The van der Waals surface area contributed by atoms with Gasteiger partial charge in [-0.2, -0.15) is 13.2 Å². The van der Waals surface area contributed by atoms with Gasteiger partial charge in [-0.1, -0.05) is 31.4 Å². The summed E-state index contributed by atoms with van der Waals surface area (Å²) in [6.45, 7) is 3.42. The minimum atomic E-state index is -4.23. The van der Waals surface area contributed by atoms with Crippen molar-refractivity contribution in [2.24, 2.45) is 23.7 Å². The first-order chi connectivity index (χ1) is 19.2. The average molecular weight is 576 g/mol. The molecule has 0 radical (unpaired) electrons. The lowest BCUT2D eigenvalue weighted by Gasteiger charge is -2.29. The van der Waals surface area contributed by atoms with E-state index in [4.69, 9.17) is 26.4 Å². The van der Waals surface area contributed by atoms with Gasteiger partial charge in [0, 0.05) is 37.1 Å². The molecule has 2 saturated carbocycles. The zero-order valence-electron chi connectivity index (χ0n) is 21.8. The predicted molar refractivity (Wildman–Crippen MR) is 141 cm³/mol. The van der Waals surface area contributed by atoms with Crippen LogP contribution in [0.1, 0.15) is 50.9 Å². The third-order valence-corrected chi connectivity index (χ3v) is 9.14. The van der Waals surface area contributed by atoms with Gasteiger partial charge in [-0.25, -0.2) is 14.8 Å². The Kier molecular flexibility index (Phi) is 6.12. The van der Waals surface area contributed by atoms with E-state index in [1.807, 2.05) is 4.90 Å². The highest BCUT2D eigenvalue weighted by Gasteiger charge is 2.69. The van der Waals surface area contributed by atoms with Crippen LogP contribution in [0.2, 0.25) is 5.02 Å². The number of rotatable bonds is 5. The Bertz CT molecular complexity index is 1470. The van der Waals surface area contributed by atoms with E-state index in [-0.39, 0.29) is 0 Å². The Labute approximate surface area is 233 Å². The second kappa shape index (κ2) is 9.47. The van der Waals surface area contributed by atoms with Crippen molar-refractivity contribution in [3.05, 3.63) is 35.2 Å². The van der Waals surface area contributed by atoms with Crippen LogP contribution in [0.4, 0.5) is 23.9 Å². The molecule has 4 fully saturated rings. The first-order valence-electron chi connectivity index (χ1n) is 13.8. The topological polar surface area (TPSA) is 97.2 Å². The number of nitrogens with zero attached hydrogens (tertiary/aromatic N) is 5. The van der Waals surface area contributed by atoms with E-state index >= 15 is 0 Å². The Morgan fingerprint density at radius 1 is 1.12 bits per heavy atom. The molecule has 40 heavy (non-hydrogen) atoms. The van der Waals surface area contributed by atoms with Crippen LogP contribution >= 0.6 is 11.6 Å². The first kappa shape index (κ1) is 25.8. The van der Waals surface area contributed by atoms with Gasteiger partial charge in [0.1, 0.15) is 0 Å². The molecule has 2 aliphatic carbocycles. The van der Waals surface area contributed by atoms with E-state index in [1.54, 1.807) is 18.3 Å². The van der Waals surface area contributed by atoms with Gasteiger partial charge < -0.3 is 14.3 Å². The fraction of sp³-hybridized carbons (Fsp3) is 0.556. The molecule has 2 N–H and O–H groups in total. The highest BCUT2D eigenvalue weighted by Crippen LogP contribution is 2.59. The molecule has 9 nitrogen and oxygen atoms in total. The van der Waals surface area contributed by atoms with Crippen LogP contribution in [-0.4, -0.2) is 44.4 Å². The molecule has 7 rings (SSSR count). The van der Waals surface area contributed by atoms with Gasteiger partial charge in [0.15, 0.2) is 6.17 Å². The van der Waals surface area contributed by atoms with Crippen molar-refractivity contribution >= 4 is 34.7 Å². The Morgan fingerprint density at radius 2 is 1.93 bits per heavy atom. The molecule has 0 spiro atoms. The molecule has 2 saturated heterocycles.